The number of aliphatic hydroxyl groups excluding tert-OH is 1. The van der Waals surface area contributed by atoms with Gasteiger partial charge in [-0.15, -0.1) is 0 Å². The molecular weight excluding hydrogens is 362 g/mol. The molecule has 136 valence electrons. The van der Waals surface area contributed by atoms with E-state index in [1.807, 2.05) is 0 Å². The third kappa shape index (κ3) is 4.29. The van der Waals surface area contributed by atoms with E-state index in [2.05, 4.69) is 5.32 Å². The van der Waals surface area contributed by atoms with Gasteiger partial charge in [0.25, 0.3) is 9.84 Å². The first kappa shape index (κ1) is 19.2. The van der Waals surface area contributed by atoms with Crippen LogP contribution in [0.4, 0.5) is 23.2 Å². The van der Waals surface area contributed by atoms with Crippen molar-refractivity contribution in [2.75, 3.05) is 5.32 Å². The lowest BCUT2D eigenvalue weighted by molar-refractivity contribution is -0.0436. The number of sulfone groups is 1. The van der Waals surface area contributed by atoms with Crippen LogP contribution in [0.5, 0.6) is 0 Å². The lowest BCUT2D eigenvalue weighted by Crippen LogP contribution is -2.25. The van der Waals surface area contributed by atoms with Crippen molar-refractivity contribution in [3.63, 3.8) is 0 Å². The Labute approximate surface area is 142 Å². The molecule has 2 unspecified atom stereocenters. The first-order chi connectivity index (χ1) is 11.5. The fourth-order valence-electron chi connectivity index (χ4n) is 2.15. The molecule has 2 aromatic carbocycles. The summed E-state index contributed by atoms with van der Waals surface area (Å²) in [5.74, 6) is -0.446. The molecule has 0 heterocycles. The molecule has 0 radical (unpaired) electrons. The fraction of sp³-hybridized carbons (Fsp3) is 0.250. The summed E-state index contributed by atoms with van der Waals surface area (Å²) < 4.78 is 72.9. The Morgan fingerprint density at radius 2 is 1.52 bits per heavy atom. The predicted molar refractivity (Wildman–Crippen MR) is 84.1 cm³/mol. The average molecular weight is 377 g/mol. The molecule has 0 saturated heterocycles. The first-order valence-electron chi connectivity index (χ1n) is 7.14. The van der Waals surface area contributed by atoms with Gasteiger partial charge in [0.05, 0.1) is 17.0 Å². The Kier molecular flexibility index (Phi) is 5.38. The number of rotatable bonds is 5. The topological polar surface area (TPSA) is 66.4 Å². The Morgan fingerprint density at radius 1 is 1.00 bits per heavy atom. The van der Waals surface area contributed by atoms with Crippen LogP contribution in [0.2, 0.25) is 0 Å². The van der Waals surface area contributed by atoms with Crippen molar-refractivity contribution in [2.45, 2.75) is 29.5 Å². The second-order valence-electron chi connectivity index (χ2n) is 5.40. The van der Waals surface area contributed by atoms with Gasteiger partial charge in [0, 0.05) is 5.69 Å². The van der Waals surface area contributed by atoms with Crippen LogP contribution < -0.4 is 5.32 Å². The van der Waals surface area contributed by atoms with E-state index in [-0.39, 0.29) is 0 Å². The summed E-state index contributed by atoms with van der Waals surface area (Å²) in [6, 6.07) is 8.68. The van der Waals surface area contributed by atoms with Gasteiger partial charge in [0.2, 0.25) is 0 Å². The highest BCUT2D eigenvalue weighted by molar-refractivity contribution is 7.92. The zero-order chi connectivity index (χ0) is 18.8. The number of anilines is 1. The van der Waals surface area contributed by atoms with E-state index < -0.39 is 38.2 Å². The molecule has 2 aromatic rings. The van der Waals surface area contributed by atoms with E-state index in [1.54, 1.807) is 6.92 Å². The number of nitrogens with one attached hydrogen (secondary N) is 1. The number of hydrogen-bond donors (Lipinski definition) is 2. The van der Waals surface area contributed by atoms with Crippen LogP contribution in [0.1, 0.15) is 18.6 Å². The highest BCUT2D eigenvalue weighted by atomic mass is 32.2. The van der Waals surface area contributed by atoms with Crippen molar-refractivity contribution in [1.29, 1.82) is 0 Å². The lowest BCUT2D eigenvalue weighted by Gasteiger charge is -2.22. The third-order valence-corrected chi connectivity index (χ3v) is 5.05. The van der Waals surface area contributed by atoms with E-state index in [0.29, 0.717) is 11.3 Å². The predicted octanol–water partition coefficient (Wildman–Crippen LogP) is 3.65. The number of alkyl halides is 3. The maximum absolute atomic E-state index is 12.9. The molecule has 2 N–H and O–H groups in total. The van der Waals surface area contributed by atoms with Gasteiger partial charge in [-0.1, -0.05) is 12.1 Å². The van der Waals surface area contributed by atoms with Crippen molar-refractivity contribution in [3.8, 4) is 0 Å². The minimum absolute atomic E-state index is 0.329. The molecule has 2 rings (SSSR count). The molecule has 0 fully saturated rings. The summed E-state index contributed by atoms with van der Waals surface area (Å²) in [6.07, 6.45) is -1.00. The highest BCUT2D eigenvalue weighted by Gasteiger charge is 2.46. The van der Waals surface area contributed by atoms with Crippen LogP contribution in [0.15, 0.2) is 53.4 Å². The van der Waals surface area contributed by atoms with Crippen LogP contribution >= 0.6 is 0 Å². The highest BCUT2D eigenvalue weighted by Crippen LogP contribution is 2.31. The van der Waals surface area contributed by atoms with Crippen LogP contribution in [0.3, 0.4) is 0 Å². The average Bonchev–Trinajstić information content (AvgIpc) is 2.54. The maximum atomic E-state index is 12.9. The third-order valence-electron chi connectivity index (χ3n) is 3.55. The molecule has 25 heavy (non-hydrogen) atoms. The summed E-state index contributed by atoms with van der Waals surface area (Å²) in [7, 11) is -5.40. The minimum atomic E-state index is -5.40. The zero-order valence-electron chi connectivity index (χ0n) is 13.0. The molecule has 2 atom stereocenters. The molecule has 0 aromatic heterocycles. The van der Waals surface area contributed by atoms with Crippen molar-refractivity contribution in [3.05, 3.63) is 59.9 Å². The second-order valence-corrected chi connectivity index (χ2v) is 7.34. The van der Waals surface area contributed by atoms with Gasteiger partial charge in [-0.3, -0.25) is 0 Å². The zero-order valence-corrected chi connectivity index (χ0v) is 13.8. The summed E-state index contributed by atoms with van der Waals surface area (Å²) in [5, 5.41) is 13.1. The van der Waals surface area contributed by atoms with E-state index in [9.17, 15) is 31.1 Å². The number of halogens is 4. The summed E-state index contributed by atoms with van der Waals surface area (Å²) in [6.45, 7) is 1.62. The van der Waals surface area contributed by atoms with Gasteiger partial charge in [-0.25, -0.2) is 12.8 Å². The van der Waals surface area contributed by atoms with E-state index in [1.165, 1.54) is 36.4 Å². The fourth-order valence-corrected chi connectivity index (χ4v) is 2.92. The van der Waals surface area contributed by atoms with Crippen LogP contribution in [-0.4, -0.2) is 25.1 Å². The molecule has 0 aliphatic rings. The number of aliphatic hydroxyl groups is 1. The molecule has 0 aliphatic heterocycles. The van der Waals surface area contributed by atoms with Crippen molar-refractivity contribution < 1.29 is 31.1 Å². The normalized spacial score (nSPS) is 14.8. The van der Waals surface area contributed by atoms with Gasteiger partial charge < -0.3 is 10.4 Å². The Hall–Kier alpha value is -2.13. The monoisotopic (exact) mass is 377 g/mol. The first-order valence-corrected chi connectivity index (χ1v) is 8.62. The Morgan fingerprint density at radius 3 is 2.00 bits per heavy atom. The maximum Gasteiger partial charge on any atom is 0.501 e. The molecule has 9 heteroatoms. The van der Waals surface area contributed by atoms with E-state index in [4.69, 9.17) is 0 Å². The van der Waals surface area contributed by atoms with Crippen LogP contribution in [-0.2, 0) is 9.84 Å². The minimum Gasteiger partial charge on any atom is -0.386 e. The van der Waals surface area contributed by atoms with E-state index >= 15 is 0 Å². The molecule has 0 saturated carbocycles. The molecule has 0 aliphatic carbocycles. The summed E-state index contributed by atoms with van der Waals surface area (Å²) in [4.78, 5) is -0.864. The lowest BCUT2D eigenvalue weighted by atomic mass is 10.0. The smallest absolute Gasteiger partial charge is 0.386 e. The number of benzene rings is 2. The van der Waals surface area contributed by atoms with Crippen LogP contribution in [0, 0.1) is 5.82 Å². The van der Waals surface area contributed by atoms with Gasteiger partial charge >= 0.3 is 5.51 Å². The van der Waals surface area contributed by atoms with Crippen molar-refractivity contribution >= 4 is 15.5 Å². The molecule has 0 spiro atoms. The molecule has 0 bridgehead atoms. The molecular formula is C16H15F4NO3S. The molecule has 0 amide bonds. The summed E-state index contributed by atoms with van der Waals surface area (Å²) >= 11 is 0. The summed E-state index contributed by atoms with van der Waals surface area (Å²) in [5.41, 5.74) is -4.58. The SMILES string of the molecule is CC(Nc1ccc(S(=O)(=O)C(F)(F)F)cc1)C(O)c1ccc(F)cc1. The van der Waals surface area contributed by atoms with Crippen molar-refractivity contribution in [2.24, 2.45) is 0 Å². The second kappa shape index (κ2) is 7.01. The number of hydrogen-bond acceptors (Lipinski definition) is 4. The van der Waals surface area contributed by atoms with Gasteiger partial charge in [-0.2, -0.15) is 13.2 Å². The van der Waals surface area contributed by atoms with Crippen molar-refractivity contribution in [1.82, 2.24) is 0 Å². The van der Waals surface area contributed by atoms with Crippen LogP contribution in [0.25, 0.3) is 0 Å². The van der Waals surface area contributed by atoms with Gasteiger partial charge in [-0.05, 0) is 48.9 Å². The van der Waals surface area contributed by atoms with Gasteiger partial charge in [0.15, 0.2) is 0 Å². The van der Waals surface area contributed by atoms with Gasteiger partial charge in [0.1, 0.15) is 5.82 Å². The largest absolute Gasteiger partial charge is 0.501 e. The van der Waals surface area contributed by atoms with E-state index in [0.717, 1.165) is 12.1 Å². The standard InChI is InChI=1S/C16H15F4NO3S/c1-10(15(22)11-2-4-12(17)5-3-11)21-13-6-8-14(9-7-13)25(23,24)16(18,19)20/h2-10,15,21-22H,1H3. The Balaban J connectivity index is 2.12. The molecule has 4 nitrogen and oxygen atoms in total. The Bertz CT molecular complexity index is 818. The quantitative estimate of drug-likeness (QED) is 0.781.